The third kappa shape index (κ3) is 2.64. The molecule has 0 amide bonds. The van der Waals surface area contributed by atoms with Crippen LogP contribution in [0.5, 0.6) is 5.75 Å². The number of aliphatic imine (C=N–C) groups is 1. The lowest BCUT2D eigenvalue weighted by Crippen LogP contribution is -2.24. The van der Waals surface area contributed by atoms with Gasteiger partial charge in [-0.25, -0.2) is 0 Å². The van der Waals surface area contributed by atoms with Crippen LogP contribution in [0, 0.1) is 6.92 Å². The fourth-order valence-corrected chi connectivity index (χ4v) is 3.86. The predicted octanol–water partition coefficient (Wildman–Crippen LogP) is 4.10. The second kappa shape index (κ2) is 6.08. The Morgan fingerprint density at radius 2 is 1.92 bits per heavy atom. The Morgan fingerprint density at radius 1 is 1.17 bits per heavy atom. The van der Waals surface area contributed by atoms with Gasteiger partial charge in [0.25, 0.3) is 5.56 Å². The highest BCUT2D eigenvalue weighted by atomic mass is 16.3. The Balaban J connectivity index is 1.86. The number of fused-ring (bicyclic) bond motifs is 1. The molecular formula is C20H24N2O2. The van der Waals surface area contributed by atoms with E-state index in [1.165, 1.54) is 19.3 Å². The van der Waals surface area contributed by atoms with E-state index in [9.17, 15) is 9.90 Å². The summed E-state index contributed by atoms with van der Waals surface area (Å²) in [6.45, 7) is 2.00. The predicted molar refractivity (Wildman–Crippen MR) is 97.3 cm³/mol. The lowest BCUT2D eigenvalue weighted by molar-refractivity contribution is 0.444. The SMILES string of the molecule is Cc1cccc2c(O)c(C=NC3CCCCC3)c(=O)n(C3CC3)c12. The summed E-state index contributed by atoms with van der Waals surface area (Å²) >= 11 is 0. The molecule has 2 aromatic rings. The largest absolute Gasteiger partial charge is 0.506 e. The smallest absolute Gasteiger partial charge is 0.263 e. The van der Waals surface area contributed by atoms with Gasteiger partial charge in [0.2, 0.25) is 0 Å². The van der Waals surface area contributed by atoms with Gasteiger partial charge in [-0.1, -0.05) is 31.4 Å². The van der Waals surface area contributed by atoms with E-state index in [1.807, 2.05) is 29.7 Å². The average molecular weight is 324 g/mol. The minimum Gasteiger partial charge on any atom is -0.506 e. The van der Waals surface area contributed by atoms with Crippen LogP contribution in [0.1, 0.15) is 62.1 Å². The van der Waals surface area contributed by atoms with E-state index in [4.69, 9.17) is 0 Å². The summed E-state index contributed by atoms with van der Waals surface area (Å²) in [4.78, 5) is 17.6. The minimum absolute atomic E-state index is 0.0789. The van der Waals surface area contributed by atoms with Gasteiger partial charge in [0.15, 0.2) is 0 Å². The molecule has 2 aliphatic carbocycles. The van der Waals surface area contributed by atoms with Gasteiger partial charge in [-0.2, -0.15) is 0 Å². The van der Waals surface area contributed by atoms with Crippen molar-refractivity contribution in [1.29, 1.82) is 0 Å². The van der Waals surface area contributed by atoms with Crippen LogP contribution in [0.3, 0.4) is 0 Å². The van der Waals surface area contributed by atoms with Gasteiger partial charge in [0, 0.05) is 23.7 Å². The zero-order valence-electron chi connectivity index (χ0n) is 14.2. The number of hydrogen-bond donors (Lipinski definition) is 1. The van der Waals surface area contributed by atoms with E-state index in [-0.39, 0.29) is 17.4 Å². The highest BCUT2D eigenvalue weighted by Crippen LogP contribution is 2.38. The van der Waals surface area contributed by atoms with Gasteiger partial charge in [0.1, 0.15) is 11.3 Å². The third-order valence-corrected chi connectivity index (χ3v) is 5.34. The summed E-state index contributed by atoms with van der Waals surface area (Å²) < 4.78 is 1.88. The molecule has 1 aromatic heterocycles. The number of para-hydroxylation sites is 1. The molecule has 4 heteroatoms. The van der Waals surface area contributed by atoms with E-state index in [0.717, 1.165) is 42.1 Å². The molecule has 2 aliphatic rings. The van der Waals surface area contributed by atoms with E-state index in [0.29, 0.717) is 11.6 Å². The zero-order valence-corrected chi connectivity index (χ0v) is 14.2. The van der Waals surface area contributed by atoms with Crippen LogP contribution >= 0.6 is 0 Å². The molecule has 0 aliphatic heterocycles. The molecule has 2 saturated carbocycles. The van der Waals surface area contributed by atoms with Crippen molar-refractivity contribution < 1.29 is 5.11 Å². The summed E-state index contributed by atoms with van der Waals surface area (Å²) in [6, 6.07) is 6.38. The van der Waals surface area contributed by atoms with Gasteiger partial charge in [-0.15, -0.1) is 0 Å². The Labute approximate surface area is 141 Å². The van der Waals surface area contributed by atoms with Crippen LogP contribution < -0.4 is 5.56 Å². The molecule has 0 radical (unpaired) electrons. The summed E-state index contributed by atoms with van der Waals surface area (Å²) in [6.07, 6.45) is 9.56. The summed E-state index contributed by atoms with van der Waals surface area (Å²) in [5.74, 6) is 0.0789. The van der Waals surface area contributed by atoms with Gasteiger partial charge >= 0.3 is 0 Å². The number of nitrogens with zero attached hydrogens (tertiary/aromatic N) is 2. The molecule has 1 heterocycles. The van der Waals surface area contributed by atoms with E-state index in [2.05, 4.69) is 4.99 Å². The second-order valence-corrected chi connectivity index (χ2v) is 7.21. The van der Waals surface area contributed by atoms with Crippen LogP contribution in [0.2, 0.25) is 0 Å². The first-order valence-corrected chi connectivity index (χ1v) is 9.07. The molecule has 126 valence electrons. The van der Waals surface area contributed by atoms with Crippen molar-refractivity contribution in [3.05, 3.63) is 39.7 Å². The standard InChI is InChI=1S/C20H24N2O2/c1-13-6-5-9-16-18(13)22(15-10-11-15)20(24)17(19(16)23)12-21-14-7-3-2-4-8-14/h5-6,9,12,14-15,23H,2-4,7-8,10-11H2,1H3. The quantitative estimate of drug-likeness (QED) is 0.864. The number of rotatable bonds is 3. The van der Waals surface area contributed by atoms with Crippen LogP contribution in [0.25, 0.3) is 10.9 Å². The molecule has 1 aromatic carbocycles. The first-order chi connectivity index (χ1) is 11.7. The van der Waals surface area contributed by atoms with Crippen LogP contribution in [-0.2, 0) is 0 Å². The Morgan fingerprint density at radius 3 is 2.62 bits per heavy atom. The highest BCUT2D eigenvalue weighted by molar-refractivity contribution is 5.96. The van der Waals surface area contributed by atoms with Crippen LogP contribution in [-0.4, -0.2) is 21.9 Å². The number of pyridine rings is 1. The topological polar surface area (TPSA) is 54.6 Å². The van der Waals surface area contributed by atoms with Gasteiger partial charge in [-0.05, 0) is 44.2 Å². The lowest BCUT2D eigenvalue weighted by Gasteiger charge is -2.18. The average Bonchev–Trinajstić information content (AvgIpc) is 3.42. The summed E-state index contributed by atoms with van der Waals surface area (Å²) in [7, 11) is 0. The molecular weight excluding hydrogens is 300 g/mol. The van der Waals surface area contributed by atoms with Gasteiger partial charge in [0.05, 0.1) is 5.52 Å². The first kappa shape index (κ1) is 15.4. The van der Waals surface area contributed by atoms with Crippen molar-refractivity contribution in [1.82, 2.24) is 4.57 Å². The molecule has 2 fully saturated rings. The number of hydrogen-bond acceptors (Lipinski definition) is 3. The van der Waals surface area contributed by atoms with Crippen molar-refractivity contribution in [3.63, 3.8) is 0 Å². The highest BCUT2D eigenvalue weighted by Gasteiger charge is 2.29. The first-order valence-electron chi connectivity index (χ1n) is 9.07. The van der Waals surface area contributed by atoms with E-state index in [1.54, 1.807) is 6.21 Å². The van der Waals surface area contributed by atoms with Crippen molar-refractivity contribution >= 4 is 17.1 Å². The maximum Gasteiger partial charge on any atom is 0.263 e. The molecule has 0 atom stereocenters. The molecule has 24 heavy (non-hydrogen) atoms. The number of benzene rings is 1. The fourth-order valence-electron chi connectivity index (χ4n) is 3.86. The van der Waals surface area contributed by atoms with Crippen LogP contribution in [0.4, 0.5) is 0 Å². The number of aromatic nitrogens is 1. The zero-order chi connectivity index (χ0) is 16.7. The van der Waals surface area contributed by atoms with Gasteiger partial charge < -0.3 is 9.67 Å². The van der Waals surface area contributed by atoms with Crippen LogP contribution in [0.15, 0.2) is 28.0 Å². The maximum atomic E-state index is 13.0. The van der Waals surface area contributed by atoms with Crippen molar-refractivity contribution in [2.75, 3.05) is 0 Å². The molecule has 0 spiro atoms. The molecule has 0 unspecified atom stereocenters. The molecule has 4 rings (SSSR count). The molecule has 0 bridgehead atoms. The Bertz CT molecular complexity index is 856. The minimum atomic E-state index is -0.101. The van der Waals surface area contributed by atoms with E-state index < -0.39 is 0 Å². The molecule has 0 saturated heterocycles. The summed E-state index contributed by atoms with van der Waals surface area (Å²) in [5.41, 5.74) is 2.15. The Kier molecular flexibility index (Phi) is 3.91. The van der Waals surface area contributed by atoms with Crippen molar-refractivity contribution in [2.24, 2.45) is 4.99 Å². The number of aromatic hydroxyl groups is 1. The summed E-state index contributed by atoms with van der Waals surface area (Å²) in [5, 5.41) is 11.5. The molecule has 1 N–H and O–H groups in total. The normalized spacial score (nSPS) is 19.4. The van der Waals surface area contributed by atoms with E-state index >= 15 is 0 Å². The van der Waals surface area contributed by atoms with Gasteiger partial charge in [-0.3, -0.25) is 9.79 Å². The number of aryl methyl sites for hydroxylation is 1. The van der Waals surface area contributed by atoms with Crippen molar-refractivity contribution in [3.8, 4) is 5.75 Å². The maximum absolute atomic E-state index is 13.0. The molecule has 4 nitrogen and oxygen atoms in total. The van der Waals surface area contributed by atoms with Crippen molar-refractivity contribution in [2.45, 2.75) is 64.0 Å². The fraction of sp³-hybridized carbons (Fsp3) is 0.500. The second-order valence-electron chi connectivity index (χ2n) is 7.21. The monoisotopic (exact) mass is 324 g/mol. The lowest BCUT2D eigenvalue weighted by atomic mass is 9.96. The third-order valence-electron chi connectivity index (χ3n) is 5.34. The Hall–Kier alpha value is -2.10.